The van der Waals surface area contributed by atoms with Crippen molar-refractivity contribution in [3.8, 4) is 0 Å². The maximum Gasteiger partial charge on any atom is 0.0725 e. The SMILES string of the molecule is [CH]CCOC(C)C=C. The van der Waals surface area contributed by atoms with Crippen LogP contribution in [0.1, 0.15) is 13.3 Å². The van der Waals surface area contributed by atoms with Crippen LogP contribution in [0, 0.1) is 6.92 Å². The normalized spacial score (nSPS) is 13.2. The summed E-state index contributed by atoms with van der Waals surface area (Å²) in [6.07, 6.45) is 2.46. The van der Waals surface area contributed by atoms with Gasteiger partial charge in [-0.25, -0.2) is 0 Å². The van der Waals surface area contributed by atoms with Gasteiger partial charge >= 0.3 is 0 Å². The Balaban J connectivity index is 2.98. The van der Waals surface area contributed by atoms with Gasteiger partial charge in [-0.05, 0) is 20.3 Å². The number of hydrogen-bond donors (Lipinski definition) is 0. The molecular weight excluding hydrogens is 100 g/mol. The molecular formula is C7H12O. The van der Waals surface area contributed by atoms with Gasteiger partial charge in [0.1, 0.15) is 0 Å². The molecule has 1 heteroatoms. The quantitative estimate of drug-likeness (QED) is 0.503. The van der Waals surface area contributed by atoms with Gasteiger partial charge in [-0.2, -0.15) is 0 Å². The van der Waals surface area contributed by atoms with Crippen LogP contribution < -0.4 is 0 Å². The van der Waals surface area contributed by atoms with Crippen molar-refractivity contribution >= 4 is 0 Å². The fourth-order valence-electron chi connectivity index (χ4n) is 0.322. The molecule has 1 atom stereocenters. The second kappa shape index (κ2) is 4.85. The van der Waals surface area contributed by atoms with E-state index in [1.807, 2.05) is 6.92 Å². The minimum atomic E-state index is 0.138. The maximum atomic E-state index is 5.17. The molecule has 0 aromatic carbocycles. The first kappa shape index (κ1) is 7.70. The van der Waals surface area contributed by atoms with Crippen molar-refractivity contribution < 1.29 is 4.74 Å². The highest BCUT2D eigenvalue weighted by atomic mass is 16.5. The van der Waals surface area contributed by atoms with Crippen LogP contribution in [0.25, 0.3) is 0 Å². The topological polar surface area (TPSA) is 9.23 Å². The van der Waals surface area contributed by atoms with Crippen LogP contribution in [0.3, 0.4) is 0 Å². The van der Waals surface area contributed by atoms with Crippen LogP contribution in [0.5, 0.6) is 0 Å². The zero-order valence-corrected chi connectivity index (χ0v) is 5.26. The van der Waals surface area contributed by atoms with Crippen molar-refractivity contribution in [3.63, 3.8) is 0 Å². The molecule has 0 aliphatic heterocycles. The van der Waals surface area contributed by atoms with Crippen molar-refractivity contribution in [2.45, 2.75) is 19.4 Å². The van der Waals surface area contributed by atoms with E-state index in [0.717, 1.165) is 0 Å². The predicted molar refractivity (Wildman–Crippen MR) is 34.5 cm³/mol. The van der Waals surface area contributed by atoms with Gasteiger partial charge in [-0.1, -0.05) is 6.08 Å². The van der Waals surface area contributed by atoms with E-state index in [1.54, 1.807) is 6.08 Å². The summed E-state index contributed by atoms with van der Waals surface area (Å²) in [6.45, 7) is 11.3. The van der Waals surface area contributed by atoms with Crippen LogP contribution in [0.2, 0.25) is 0 Å². The molecule has 2 radical (unpaired) electrons. The second-order valence-corrected chi connectivity index (χ2v) is 1.60. The van der Waals surface area contributed by atoms with Gasteiger partial charge in [0, 0.05) is 6.61 Å². The smallest absolute Gasteiger partial charge is 0.0725 e. The van der Waals surface area contributed by atoms with Gasteiger partial charge in [0.2, 0.25) is 0 Å². The molecule has 1 nitrogen and oxygen atoms in total. The van der Waals surface area contributed by atoms with Gasteiger partial charge in [0.25, 0.3) is 0 Å². The average molecular weight is 112 g/mol. The summed E-state index contributed by atoms with van der Waals surface area (Å²) in [4.78, 5) is 0. The molecule has 0 N–H and O–H groups in total. The van der Waals surface area contributed by atoms with Gasteiger partial charge in [0.05, 0.1) is 6.10 Å². The zero-order chi connectivity index (χ0) is 6.41. The second-order valence-electron chi connectivity index (χ2n) is 1.60. The van der Waals surface area contributed by atoms with E-state index >= 15 is 0 Å². The van der Waals surface area contributed by atoms with E-state index < -0.39 is 0 Å². The molecule has 0 saturated heterocycles. The monoisotopic (exact) mass is 112 g/mol. The Morgan fingerprint density at radius 3 is 2.88 bits per heavy atom. The molecule has 46 valence electrons. The van der Waals surface area contributed by atoms with E-state index in [1.165, 1.54) is 0 Å². The molecule has 0 bridgehead atoms. The highest BCUT2D eigenvalue weighted by Gasteiger charge is 1.90. The molecule has 0 fully saturated rings. The first-order chi connectivity index (χ1) is 3.81. The van der Waals surface area contributed by atoms with E-state index in [-0.39, 0.29) is 6.10 Å². The summed E-state index contributed by atoms with van der Waals surface area (Å²) in [5.41, 5.74) is 0. The van der Waals surface area contributed by atoms with Crippen LogP contribution in [-0.4, -0.2) is 12.7 Å². The van der Waals surface area contributed by atoms with Crippen LogP contribution in [0.4, 0.5) is 0 Å². The Morgan fingerprint density at radius 2 is 2.50 bits per heavy atom. The van der Waals surface area contributed by atoms with Crippen molar-refractivity contribution in [3.05, 3.63) is 19.6 Å². The molecule has 0 spiro atoms. The van der Waals surface area contributed by atoms with Crippen molar-refractivity contribution in [2.75, 3.05) is 6.61 Å². The summed E-state index contributed by atoms with van der Waals surface area (Å²) >= 11 is 0. The molecule has 0 saturated carbocycles. The largest absolute Gasteiger partial charge is 0.374 e. The highest BCUT2D eigenvalue weighted by Crippen LogP contribution is 1.90. The Hall–Kier alpha value is -0.300. The lowest BCUT2D eigenvalue weighted by Gasteiger charge is -2.04. The standard InChI is InChI=1S/C7H12O/c1-4-6-8-7(3)5-2/h1,5,7H,2,4,6H2,3H3. The summed E-state index contributed by atoms with van der Waals surface area (Å²) in [6, 6.07) is 0. The molecule has 0 aromatic rings. The van der Waals surface area contributed by atoms with E-state index in [2.05, 4.69) is 6.58 Å². The summed E-state index contributed by atoms with van der Waals surface area (Å²) in [5, 5.41) is 0. The third-order valence-electron chi connectivity index (χ3n) is 0.831. The summed E-state index contributed by atoms with van der Waals surface area (Å²) < 4.78 is 5.10. The van der Waals surface area contributed by atoms with E-state index in [9.17, 15) is 0 Å². The zero-order valence-electron chi connectivity index (χ0n) is 5.26. The molecule has 8 heavy (non-hydrogen) atoms. The minimum Gasteiger partial charge on any atom is -0.374 e. The van der Waals surface area contributed by atoms with Crippen LogP contribution in [-0.2, 0) is 4.74 Å². The molecule has 0 aliphatic carbocycles. The van der Waals surface area contributed by atoms with Crippen molar-refractivity contribution in [1.82, 2.24) is 0 Å². The number of ether oxygens (including phenoxy) is 1. The Bertz CT molecular complexity index is 59.4. The third-order valence-corrected chi connectivity index (χ3v) is 0.831. The van der Waals surface area contributed by atoms with E-state index in [0.29, 0.717) is 13.0 Å². The maximum absolute atomic E-state index is 5.17. The lowest BCUT2D eigenvalue weighted by Crippen LogP contribution is -2.03. The molecule has 0 rings (SSSR count). The van der Waals surface area contributed by atoms with Crippen molar-refractivity contribution in [2.24, 2.45) is 0 Å². The van der Waals surface area contributed by atoms with Crippen molar-refractivity contribution in [1.29, 1.82) is 0 Å². The first-order valence-electron chi connectivity index (χ1n) is 2.75. The fraction of sp³-hybridized carbons (Fsp3) is 0.571. The number of rotatable bonds is 4. The Kier molecular flexibility index (Phi) is 4.67. The molecule has 0 aromatic heterocycles. The Labute approximate surface area is 51.4 Å². The summed E-state index contributed by atoms with van der Waals surface area (Å²) in [7, 11) is 0. The highest BCUT2D eigenvalue weighted by molar-refractivity contribution is 4.74. The molecule has 0 heterocycles. The van der Waals surface area contributed by atoms with Crippen LogP contribution in [0.15, 0.2) is 12.7 Å². The molecule has 0 amide bonds. The number of hydrogen-bond acceptors (Lipinski definition) is 1. The van der Waals surface area contributed by atoms with Crippen LogP contribution >= 0.6 is 0 Å². The first-order valence-corrected chi connectivity index (χ1v) is 2.75. The third kappa shape index (κ3) is 3.88. The average Bonchev–Trinajstić information content (AvgIpc) is 1.83. The lowest BCUT2D eigenvalue weighted by molar-refractivity contribution is 0.101. The molecule has 1 unspecified atom stereocenters. The lowest BCUT2D eigenvalue weighted by atomic mass is 10.4. The van der Waals surface area contributed by atoms with Gasteiger partial charge < -0.3 is 4.74 Å². The van der Waals surface area contributed by atoms with Gasteiger partial charge in [-0.3, -0.25) is 0 Å². The fourth-order valence-corrected chi connectivity index (χ4v) is 0.322. The summed E-state index contributed by atoms with van der Waals surface area (Å²) in [5.74, 6) is 0. The Morgan fingerprint density at radius 1 is 1.88 bits per heavy atom. The minimum absolute atomic E-state index is 0.138. The predicted octanol–water partition coefficient (Wildman–Crippen LogP) is 1.68. The molecule has 0 aliphatic rings. The van der Waals surface area contributed by atoms with Gasteiger partial charge in [-0.15, -0.1) is 6.58 Å². The van der Waals surface area contributed by atoms with Gasteiger partial charge in [0.15, 0.2) is 0 Å². The van der Waals surface area contributed by atoms with E-state index in [4.69, 9.17) is 11.7 Å².